The molecule has 1 rings (SSSR count). The van der Waals surface area contributed by atoms with Crippen molar-refractivity contribution in [3.8, 4) is 0 Å². The molecule has 1 aromatic rings. The van der Waals surface area contributed by atoms with E-state index in [2.05, 4.69) is 54.5 Å². The van der Waals surface area contributed by atoms with Gasteiger partial charge >= 0.3 is 0 Å². The third-order valence-corrected chi connectivity index (χ3v) is 5.39. The van der Waals surface area contributed by atoms with E-state index in [0.717, 1.165) is 32.5 Å². The third kappa shape index (κ3) is 7.00. The van der Waals surface area contributed by atoms with E-state index in [1.165, 1.54) is 11.1 Å². The third-order valence-electron chi connectivity index (χ3n) is 3.30. The minimum absolute atomic E-state index is 0.756. The maximum atomic E-state index is 5.55. The maximum absolute atomic E-state index is 5.55. The van der Waals surface area contributed by atoms with Crippen LogP contribution in [-0.4, -0.2) is 28.5 Å². The Hall–Kier alpha value is -0.943. The highest BCUT2D eigenvalue weighted by Crippen LogP contribution is 2.07. The van der Waals surface area contributed by atoms with E-state index in [1.807, 2.05) is 0 Å². The highest BCUT2D eigenvalue weighted by Gasteiger charge is 2.14. The summed E-state index contributed by atoms with van der Waals surface area (Å²) in [4.78, 5) is 0. The molecule has 0 spiro atoms. The number of benzene rings is 1. The molecule has 0 saturated carbocycles. The number of aryl methyl sites for hydroxylation is 1. The van der Waals surface area contributed by atoms with Crippen LogP contribution in [0.15, 0.2) is 36.0 Å². The first kappa shape index (κ1) is 17.1. The first-order valence-corrected chi connectivity index (χ1v) is 10.3. The fourth-order valence-corrected chi connectivity index (χ4v) is 2.73. The molecule has 1 aromatic carbocycles. The molecule has 112 valence electrons. The summed E-state index contributed by atoms with van der Waals surface area (Å²) in [6, 6.07) is 8.72. The number of hydrogen-bond acceptors (Lipinski definition) is 3. The van der Waals surface area contributed by atoms with Crippen LogP contribution in [0.4, 0.5) is 0 Å². The van der Waals surface area contributed by atoms with Gasteiger partial charge in [0.05, 0.1) is 0 Å². The largest absolute Gasteiger partial charge is 0.417 e. The van der Waals surface area contributed by atoms with Gasteiger partial charge in [-0.15, -0.1) is 0 Å². The lowest BCUT2D eigenvalue weighted by Gasteiger charge is -2.14. The summed E-state index contributed by atoms with van der Waals surface area (Å²) in [5.74, 6) is 0. The molecule has 0 amide bonds. The summed E-state index contributed by atoms with van der Waals surface area (Å²) in [6.07, 6.45) is 4.29. The van der Waals surface area contributed by atoms with E-state index in [4.69, 9.17) is 10.2 Å². The second-order valence-electron chi connectivity index (χ2n) is 5.55. The first-order chi connectivity index (χ1) is 9.57. The van der Waals surface area contributed by atoms with Gasteiger partial charge in [-0.05, 0) is 43.6 Å². The van der Waals surface area contributed by atoms with Gasteiger partial charge in [-0.2, -0.15) is 0 Å². The van der Waals surface area contributed by atoms with E-state index in [0.29, 0.717) is 0 Å². The summed E-state index contributed by atoms with van der Waals surface area (Å²) in [5, 5.41) is 3.44. The molecule has 0 unspecified atom stereocenters. The molecule has 0 aliphatic carbocycles. The molecule has 0 radical (unpaired) electrons. The quantitative estimate of drug-likeness (QED) is 0.543. The van der Waals surface area contributed by atoms with Crippen molar-refractivity contribution in [2.24, 2.45) is 5.73 Å². The smallest absolute Gasteiger partial charge is 0.210 e. The van der Waals surface area contributed by atoms with Crippen molar-refractivity contribution in [2.75, 3.05) is 20.2 Å². The Morgan fingerprint density at radius 2 is 2.05 bits per heavy atom. The first-order valence-electron chi connectivity index (χ1n) is 7.29. The second kappa shape index (κ2) is 9.08. The lowest BCUT2D eigenvalue weighted by atomic mass is 10.1. The lowest BCUT2D eigenvalue weighted by Crippen LogP contribution is -2.26. The van der Waals surface area contributed by atoms with Gasteiger partial charge in [-0.3, -0.25) is 0 Å². The zero-order valence-corrected chi connectivity index (χ0v) is 14.0. The van der Waals surface area contributed by atoms with Crippen LogP contribution >= 0.6 is 0 Å². The SMILES string of the molecule is CO[Si](C)(C)C=CCNCc1cccc(CCCN)c1. The molecule has 0 aliphatic rings. The predicted octanol–water partition coefficient (Wildman–Crippen LogP) is 2.61. The van der Waals surface area contributed by atoms with Crippen molar-refractivity contribution < 1.29 is 4.43 Å². The molecule has 0 aromatic heterocycles. The minimum Gasteiger partial charge on any atom is -0.417 e. The number of rotatable bonds is 9. The fraction of sp³-hybridized carbons (Fsp3) is 0.500. The number of nitrogens with one attached hydrogen (secondary N) is 1. The van der Waals surface area contributed by atoms with Gasteiger partial charge in [0.2, 0.25) is 8.32 Å². The molecule has 0 fully saturated rings. The summed E-state index contributed by atoms with van der Waals surface area (Å²) in [7, 11) is 0.226. The van der Waals surface area contributed by atoms with Crippen LogP contribution in [0, 0.1) is 0 Å². The van der Waals surface area contributed by atoms with E-state index in [9.17, 15) is 0 Å². The van der Waals surface area contributed by atoms with E-state index in [1.54, 1.807) is 7.11 Å². The highest BCUT2D eigenvalue weighted by molar-refractivity contribution is 6.76. The van der Waals surface area contributed by atoms with Crippen molar-refractivity contribution in [3.63, 3.8) is 0 Å². The summed E-state index contributed by atoms with van der Waals surface area (Å²) in [5.41, 5.74) is 10.5. The summed E-state index contributed by atoms with van der Waals surface area (Å²) >= 11 is 0. The van der Waals surface area contributed by atoms with E-state index < -0.39 is 8.32 Å². The standard InChI is InChI=1S/C16H28N2OSi/c1-19-20(2,3)12-6-11-18-14-16-8-4-7-15(13-16)9-5-10-17/h4,6-8,12-13,18H,5,9-11,14,17H2,1-3H3. The Morgan fingerprint density at radius 1 is 1.30 bits per heavy atom. The Labute approximate surface area is 124 Å². The zero-order valence-electron chi connectivity index (χ0n) is 13.0. The van der Waals surface area contributed by atoms with Crippen LogP contribution in [0.1, 0.15) is 17.5 Å². The number of hydrogen-bond donors (Lipinski definition) is 2. The normalized spacial score (nSPS) is 12.2. The molecule has 20 heavy (non-hydrogen) atoms. The van der Waals surface area contributed by atoms with Gasteiger partial charge in [0.1, 0.15) is 0 Å². The summed E-state index contributed by atoms with van der Waals surface area (Å²) in [6.45, 7) is 6.91. The summed E-state index contributed by atoms with van der Waals surface area (Å²) < 4.78 is 5.47. The molecule has 0 aliphatic heterocycles. The van der Waals surface area contributed by atoms with Gasteiger partial charge in [-0.1, -0.05) is 36.0 Å². The topological polar surface area (TPSA) is 47.3 Å². The Bertz CT molecular complexity index is 419. The molecule has 0 saturated heterocycles. The molecule has 0 heterocycles. The van der Waals surface area contributed by atoms with Crippen LogP contribution in [0.5, 0.6) is 0 Å². The Kier molecular flexibility index (Phi) is 7.77. The van der Waals surface area contributed by atoms with Gasteiger partial charge in [0, 0.05) is 20.2 Å². The molecule has 4 heteroatoms. The van der Waals surface area contributed by atoms with Gasteiger partial charge in [-0.25, -0.2) is 0 Å². The molecular formula is C16H28N2OSi. The molecular weight excluding hydrogens is 264 g/mol. The maximum Gasteiger partial charge on any atom is 0.210 e. The number of nitrogens with two attached hydrogens (primary N) is 1. The predicted molar refractivity (Wildman–Crippen MR) is 89.2 cm³/mol. The van der Waals surface area contributed by atoms with Gasteiger partial charge in [0.25, 0.3) is 0 Å². The molecule has 0 bridgehead atoms. The lowest BCUT2D eigenvalue weighted by molar-refractivity contribution is 0.415. The van der Waals surface area contributed by atoms with Crippen LogP contribution < -0.4 is 11.1 Å². The van der Waals surface area contributed by atoms with Crippen molar-refractivity contribution in [1.29, 1.82) is 0 Å². The van der Waals surface area contributed by atoms with Crippen molar-refractivity contribution >= 4 is 8.32 Å². The highest BCUT2D eigenvalue weighted by atomic mass is 28.4. The van der Waals surface area contributed by atoms with Gasteiger partial charge < -0.3 is 15.5 Å². The molecule has 3 N–H and O–H groups in total. The van der Waals surface area contributed by atoms with Gasteiger partial charge in [0.15, 0.2) is 0 Å². The van der Waals surface area contributed by atoms with Crippen molar-refractivity contribution in [2.45, 2.75) is 32.5 Å². The van der Waals surface area contributed by atoms with Crippen LogP contribution in [-0.2, 0) is 17.4 Å². The molecule has 0 atom stereocenters. The Balaban J connectivity index is 2.35. The zero-order chi connectivity index (χ0) is 14.8. The van der Waals surface area contributed by atoms with Crippen LogP contribution in [0.3, 0.4) is 0 Å². The van der Waals surface area contributed by atoms with Crippen LogP contribution in [0.25, 0.3) is 0 Å². The average Bonchev–Trinajstić information content (AvgIpc) is 2.45. The van der Waals surface area contributed by atoms with Crippen molar-refractivity contribution in [3.05, 3.63) is 47.2 Å². The average molecular weight is 292 g/mol. The monoisotopic (exact) mass is 292 g/mol. The second-order valence-corrected chi connectivity index (χ2v) is 9.50. The Morgan fingerprint density at radius 3 is 2.75 bits per heavy atom. The fourth-order valence-electron chi connectivity index (χ4n) is 1.91. The van der Waals surface area contributed by atoms with Crippen molar-refractivity contribution in [1.82, 2.24) is 5.32 Å². The molecule has 3 nitrogen and oxygen atoms in total. The van der Waals surface area contributed by atoms with Crippen LogP contribution in [0.2, 0.25) is 13.1 Å². The minimum atomic E-state index is -1.56. The van der Waals surface area contributed by atoms with E-state index >= 15 is 0 Å². The van der Waals surface area contributed by atoms with E-state index in [-0.39, 0.29) is 0 Å².